The molecule has 25 heavy (non-hydrogen) atoms. The smallest absolute Gasteiger partial charge is 0.321 e. The molecule has 9 heteroatoms. The van der Waals surface area contributed by atoms with Crippen LogP contribution in [0.3, 0.4) is 0 Å². The van der Waals surface area contributed by atoms with Crippen molar-refractivity contribution in [3.05, 3.63) is 67.3 Å². The highest BCUT2D eigenvalue weighted by Gasteiger charge is 2.12. The van der Waals surface area contributed by atoms with E-state index >= 15 is 0 Å². The highest BCUT2D eigenvalue weighted by atomic mass is 16.2. The molecule has 0 aliphatic rings. The molecule has 9 nitrogen and oxygen atoms in total. The minimum atomic E-state index is -0.504. The molecule has 0 aliphatic carbocycles. The van der Waals surface area contributed by atoms with Gasteiger partial charge in [0.05, 0.1) is 17.3 Å². The Bertz CT molecular complexity index is 1190. The molecule has 1 N–H and O–H groups in total. The summed E-state index contributed by atoms with van der Waals surface area (Å²) in [4.78, 5) is 52.1. The van der Waals surface area contributed by atoms with Crippen molar-refractivity contribution in [3.63, 3.8) is 0 Å². The number of aromatic nitrogens is 4. The van der Waals surface area contributed by atoms with Gasteiger partial charge >= 0.3 is 5.69 Å². The van der Waals surface area contributed by atoms with Gasteiger partial charge in [0.25, 0.3) is 17.0 Å². The van der Waals surface area contributed by atoms with E-state index in [1.807, 2.05) is 0 Å². The average Bonchev–Trinajstić information content (AvgIpc) is 2.60. The van der Waals surface area contributed by atoms with Gasteiger partial charge in [0.15, 0.2) is 0 Å². The van der Waals surface area contributed by atoms with Gasteiger partial charge in [-0.1, -0.05) is 0 Å². The monoisotopic (exact) mass is 341 g/mol. The summed E-state index contributed by atoms with van der Waals surface area (Å²) < 4.78 is 3.57. The van der Waals surface area contributed by atoms with E-state index in [1.54, 1.807) is 7.05 Å². The fourth-order valence-electron chi connectivity index (χ4n) is 2.43. The Labute approximate surface area is 140 Å². The van der Waals surface area contributed by atoms with Crippen molar-refractivity contribution < 1.29 is 4.79 Å². The van der Waals surface area contributed by atoms with Crippen LogP contribution in [0.15, 0.2) is 45.0 Å². The zero-order valence-electron chi connectivity index (χ0n) is 13.8. The van der Waals surface area contributed by atoms with Crippen molar-refractivity contribution in [1.82, 2.24) is 18.7 Å². The van der Waals surface area contributed by atoms with Crippen LogP contribution in [0.4, 0.5) is 5.69 Å². The molecule has 128 valence electrons. The second kappa shape index (κ2) is 5.86. The molecular formula is C16H15N5O4. The lowest BCUT2D eigenvalue weighted by molar-refractivity contribution is 0.102. The van der Waals surface area contributed by atoms with Gasteiger partial charge in [0.2, 0.25) is 0 Å². The highest BCUT2D eigenvalue weighted by molar-refractivity contribution is 6.04. The Morgan fingerprint density at radius 2 is 1.80 bits per heavy atom. The third-order valence-corrected chi connectivity index (χ3v) is 3.92. The quantitative estimate of drug-likeness (QED) is 0.681. The Kier molecular flexibility index (Phi) is 3.84. The minimum Gasteiger partial charge on any atom is -0.321 e. The van der Waals surface area contributed by atoms with Gasteiger partial charge in [0.1, 0.15) is 5.65 Å². The van der Waals surface area contributed by atoms with Gasteiger partial charge in [-0.2, -0.15) is 0 Å². The van der Waals surface area contributed by atoms with Gasteiger partial charge < -0.3 is 9.88 Å². The molecule has 0 saturated heterocycles. The van der Waals surface area contributed by atoms with Crippen LogP contribution >= 0.6 is 0 Å². The number of carbonyl (C=O) groups is 1. The van der Waals surface area contributed by atoms with E-state index in [0.29, 0.717) is 0 Å². The third kappa shape index (κ3) is 2.75. The summed E-state index contributed by atoms with van der Waals surface area (Å²) in [5.41, 5.74) is -0.601. The number of aryl methyl sites for hydroxylation is 2. The number of hydrogen-bond acceptors (Lipinski definition) is 5. The Morgan fingerprint density at radius 1 is 1.08 bits per heavy atom. The van der Waals surface area contributed by atoms with Crippen LogP contribution in [0.25, 0.3) is 11.0 Å². The summed E-state index contributed by atoms with van der Waals surface area (Å²) in [5, 5.41) is 2.79. The largest absolute Gasteiger partial charge is 0.332 e. The first-order valence-corrected chi connectivity index (χ1v) is 7.33. The van der Waals surface area contributed by atoms with Gasteiger partial charge in [0, 0.05) is 39.0 Å². The number of fused-ring (bicyclic) bond motifs is 1. The Hall–Kier alpha value is -3.49. The fraction of sp³-hybridized carbons (Fsp3) is 0.188. The van der Waals surface area contributed by atoms with E-state index in [4.69, 9.17) is 0 Å². The lowest BCUT2D eigenvalue weighted by Gasteiger charge is -2.09. The number of hydrogen-bond donors (Lipinski definition) is 1. The van der Waals surface area contributed by atoms with E-state index in [0.717, 1.165) is 4.57 Å². The first-order chi connectivity index (χ1) is 11.8. The molecule has 0 unspecified atom stereocenters. The van der Waals surface area contributed by atoms with Crippen molar-refractivity contribution >= 4 is 22.6 Å². The predicted octanol–water partition coefficient (Wildman–Crippen LogP) is -0.417. The van der Waals surface area contributed by atoms with Crippen molar-refractivity contribution in [1.29, 1.82) is 0 Å². The summed E-state index contributed by atoms with van der Waals surface area (Å²) in [6.45, 7) is 0. The first kappa shape index (κ1) is 16.4. The van der Waals surface area contributed by atoms with Crippen LogP contribution in [0.2, 0.25) is 0 Å². The molecule has 3 rings (SSSR count). The van der Waals surface area contributed by atoms with Crippen LogP contribution in [-0.2, 0) is 21.1 Å². The number of nitrogens with one attached hydrogen (secondary N) is 1. The molecule has 3 aromatic heterocycles. The molecular weight excluding hydrogens is 326 g/mol. The number of pyridine rings is 2. The molecule has 1 amide bonds. The summed E-state index contributed by atoms with van der Waals surface area (Å²) >= 11 is 0. The van der Waals surface area contributed by atoms with Crippen molar-refractivity contribution in [2.45, 2.75) is 0 Å². The van der Waals surface area contributed by atoms with E-state index in [1.165, 1.54) is 53.8 Å². The molecule has 0 saturated carbocycles. The van der Waals surface area contributed by atoms with Crippen LogP contribution < -0.4 is 22.1 Å². The molecule has 0 bridgehead atoms. The zero-order chi connectivity index (χ0) is 18.3. The first-order valence-electron chi connectivity index (χ1n) is 7.33. The Balaban J connectivity index is 2.04. The molecule has 0 fully saturated rings. The molecule has 0 radical (unpaired) electrons. The average molecular weight is 341 g/mol. The topological polar surface area (TPSA) is 108 Å². The normalized spacial score (nSPS) is 10.8. The molecule has 3 aromatic rings. The Morgan fingerprint density at radius 3 is 2.48 bits per heavy atom. The molecule has 0 aromatic carbocycles. The number of nitrogens with zero attached hydrogens (tertiary/aromatic N) is 4. The molecule has 0 aliphatic heterocycles. The van der Waals surface area contributed by atoms with E-state index < -0.39 is 17.2 Å². The summed E-state index contributed by atoms with van der Waals surface area (Å²) in [5.74, 6) is -0.500. The van der Waals surface area contributed by atoms with E-state index in [9.17, 15) is 19.2 Å². The second-order valence-corrected chi connectivity index (χ2v) is 5.62. The summed E-state index contributed by atoms with van der Waals surface area (Å²) in [6.07, 6.45) is 2.83. The van der Waals surface area contributed by atoms with Crippen molar-refractivity contribution in [3.8, 4) is 0 Å². The number of anilines is 1. The number of amides is 1. The van der Waals surface area contributed by atoms with E-state index in [-0.39, 0.29) is 27.8 Å². The number of carbonyl (C=O) groups excluding carboxylic acids is 1. The van der Waals surface area contributed by atoms with Gasteiger partial charge in [-0.3, -0.25) is 23.5 Å². The minimum absolute atomic E-state index is 0.191. The lowest BCUT2D eigenvalue weighted by atomic mass is 10.2. The second-order valence-electron chi connectivity index (χ2n) is 5.62. The van der Waals surface area contributed by atoms with Crippen LogP contribution in [0, 0.1) is 0 Å². The zero-order valence-corrected chi connectivity index (χ0v) is 13.8. The van der Waals surface area contributed by atoms with Crippen LogP contribution in [0.1, 0.15) is 10.4 Å². The predicted molar refractivity (Wildman–Crippen MR) is 91.9 cm³/mol. The van der Waals surface area contributed by atoms with Gasteiger partial charge in [-0.25, -0.2) is 9.78 Å². The van der Waals surface area contributed by atoms with Gasteiger partial charge in [-0.15, -0.1) is 0 Å². The summed E-state index contributed by atoms with van der Waals surface area (Å²) in [6, 6.07) is 4.17. The van der Waals surface area contributed by atoms with Crippen molar-refractivity contribution in [2.24, 2.45) is 21.1 Å². The van der Waals surface area contributed by atoms with Crippen LogP contribution in [0.5, 0.6) is 0 Å². The third-order valence-electron chi connectivity index (χ3n) is 3.92. The molecule has 0 spiro atoms. The standard InChI is InChI=1S/C16H15N5O4/c1-19-5-4-9(6-12(19)22)14(23)18-10-7-11-13(17-8-10)20(2)16(25)21(3)15(11)24/h4-8H,1-3H3,(H,18,23). The van der Waals surface area contributed by atoms with E-state index in [2.05, 4.69) is 10.3 Å². The molecule has 0 atom stereocenters. The van der Waals surface area contributed by atoms with Crippen molar-refractivity contribution in [2.75, 3.05) is 5.32 Å². The summed E-state index contributed by atoms with van der Waals surface area (Å²) in [7, 11) is 4.46. The number of rotatable bonds is 2. The maximum absolute atomic E-state index is 12.3. The molecule has 3 heterocycles. The maximum atomic E-state index is 12.3. The van der Waals surface area contributed by atoms with Crippen LogP contribution in [-0.4, -0.2) is 24.6 Å². The maximum Gasteiger partial charge on any atom is 0.332 e. The van der Waals surface area contributed by atoms with Gasteiger partial charge in [-0.05, 0) is 12.1 Å². The fourth-order valence-corrected chi connectivity index (χ4v) is 2.43. The SMILES string of the molecule is Cn1ccc(C(=O)Nc2cnc3c(c2)c(=O)n(C)c(=O)n3C)cc1=O. The highest BCUT2D eigenvalue weighted by Crippen LogP contribution is 2.13. The lowest BCUT2D eigenvalue weighted by Crippen LogP contribution is -2.37.